The first kappa shape index (κ1) is 24.1. The van der Waals surface area contributed by atoms with Crippen molar-refractivity contribution in [3.63, 3.8) is 0 Å². The van der Waals surface area contributed by atoms with Gasteiger partial charge in [0.15, 0.2) is 11.6 Å². The van der Waals surface area contributed by atoms with Crippen molar-refractivity contribution >= 4 is 11.4 Å². The molecule has 2 aromatic carbocycles. The predicted octanol–water partition coefficient (Wildman–Crippen LogP) is 4.80. The maximum Gasteiger partial charge on any atom is 0.433 e. The van der Waals surface area contributed by atoms with Crippen LogP contribution in [0.25, 0.3) is 0 Å². The van der Waals surface area contributed by atoms with E-state index in [0.29, 0.717) is 17.0 Å². The Kier molecular flexibility index (Phi) is 6.37. The van der Waals surface area contributed by atoms with Crippen LogP contribution >= 0.6 is 0 Å². The third-order valence-corrected chi connectivity index (χ3v) is 4.60. The fourth-order valence-electron chi connectivity index (χ4n) is 3.15. The number of nitrogens with zero attached hydrogens (tertiary/aromatic N) is 3. The highest BCUT2D eigenvalue weighted by Crippen LogP contribution is 2.39. The molecule has 1 aliphatic heterocycles. The van der Waals surface area contributed by atoms with Crippen LogP contribution in [0.15, 0.2) is 36.4 Å². The molecule has 0 radical (unpaired) electrons. The number of non-ortho nitro benzene ring substituents is 1. The normalized spacial score (nSPS) is 18.8. The van der Waals surface area contributed by atoms with Crippen LogP contribution in [-0.4, -0.2) is 36.6 Å². The van der Waals surface area contributed by atoms with E-state index in [1.807, 2.05) is 0 Å². The zero-order valence-electron chi connectivity index (χ0n) is 16.2. The lowest BCUT2D eigenvalue weighted by Gasteiger charge is -2.27. The second kappa shape index (κ2) is 8.74. The summed E-state index contributed by atoms with van der Waals surface area (Å²) in [6.07, 6.45) is -13.9. The minimum absolute atomic E-state index is 0.417. The predicted molar refractivity (Wildman–Crippen MR) is 96.8 cm³/mol. The summed E-state index contributed by atoms with van der Waals surface area (Å²) in [6.45, 7) is -1.19. The standard InChI is InChI=1S/C19H12F7N3O4/c20-15-6-12(29(30)31)3-4-16(15)32-9-13-8-28(17(33-13)19(24,25)26)11-2-1-10(7-27)14(5-11)18(21,22)23/h1-6,13,17H,8-9H2/t13-,17+/m0/s1. The van der Waals surface area contributed by atoms with Crippen molar-refractivity contribution in [1.82, 2.24) is 0 Å². The SMILES string of the molecule is N#Cc1ccc(N2C[C@@H](COc3ccc([N+](=O)[O-])cc3F)O[C@@H]2C(F)(F)F)cc1C(F)(F)F. The number of nitro benzene ring substituents is 1. The number of alkyl halides is 6. The van der Waals surface area contributed by atoms with Gasteiger partial charge in [0.05, 0.1) is 34.7 Å². The van der Waals surface area contributed by atoms with Crippen LogP contribution in [0.1, 0.15) is 11.1 Å². The molecule has 1 fully saturated rings. The first-order valence-corrected chi connectivity index (χ1v) is 8.98. The first-order valence-electron chi connectivity index (χ1n) is 8.98. The van der Waals surface area contributed by atoms with Gasteiger partial charge in [-0.15, -0.1) is 0 Å². The summed E-state index contributed by atoms with van der Waals surface area (Å²) in [5.74, 6) is -1.61. The van der Waals surface area contributed by atoms with Gasteiger partial charge in [-0.1, -0.05) is 0 Å². The van der Waals surface area contributed by atoms with E-state index in [9.17, 15) is 40.8 Å². The molecular weight excluding hydrogens is 467 g/mol. The molecule has 7 nitrogen and oxygen atoms in total. The molecule has 0 saturated carbocycles. The van der Waals surface area contributed by atoms with E-state index in [-0.39, 0.29) is 0 Å². The van der Waals surface area contributed by atoms with Crippen LogP contribution in [-0.2, 0) is 10.9 Å². The summed E-state index contributed by atoms with van der Waals surface area (Å²) in [7, 11) is 0. The lowest BCUT2D eigenvalue weighted by Crippen LogP contribution is -2.42. The van der Waals surface area contributed by atoms with Gasteiger partial charge in [-0.3, -0.25) is 10.1 Å². The van der Waals surface area contributed by atoms with Crippen LogP contribution in [0.3, 0.4) is 0 Å². The molecule has 0 N–H and O–H groups in total. The molecular formula is C19H12F7N3O4. The Bertz CT molecular complexity index is 1100. The number of benzene rings is 2. The molecule has 0 bridgehead atoms. The molecule has 1 saturated heterocycles. The van der Waals surface area contributed by atoms with Crippen molar-refractivity contribution in [3.05, 3.63) is 63.5 Å². The number of ether oxygens (including phenoxy) is 2. The summed E-state index contributed by atoms with van der Waals surface area (Å²) in [4.78, 5) is 10.3. The largest absolute Gasteiger partial charge is 0.488 e. The lowest BCUT2D eigenvalue weighted by atomic mass is 10.1. The fourth-order valence-corrected chi connectivity index (χ4v) is 3.15. The minimum Gasteiger partial charge on any atom is -0.488 e. The number of hydrogen-bond acceptors (Lipinski definition) is 6. The van der Waals surface area contributed by atoms with E-state index in [1.54, 1.807) is 0 Å². The summed E-state index contributed by atoms with van der Waals surface area (Å²) in [5, 5.41) is 19.5. The average molecular weight is 479 g/mol. The van der Waals surface area contributed by atoms with E-state index in [0.717, 1.165) is 24.3 Å². The third-order valence-electron chi connectivity index (χ3n) is 4.60. The van der Waals surface area contributed by atoms with E-state index >= 15 is 0 Å². The molecule has 2 aromatic rings. The second-order valence-electron chi connectivity index (χ2n) is 6.83. The zero-order chi connectivity index (χ0) is 24.6. The van der Waals surface area contributed by atoms with Crippen molar-refractivity contribution in [1.29, 1.82) is 5.26 Å². The van der Waals surface area contributed by atoms with Crippen LogP contribution in [0.2, 0.25) is 0 Å². The lowest BCUT2D eigenvalue weighted by molar-refractivity contribution is -0.385. The second-order valence-corrected chi connectivity index (χ2v) is 6.83. The fraction of sp³-hybridized carbons (Fsp3) is 0.316. The highest BCUT2D eigenvalue weighted by molar-refractivity contribution is 5.56. The van der Waals surface area contributed by atoms with E-state index in [2.05, 4.69) is 0 Å². The highest BCUT2D eigenvalue weighted by atomic mass is 19.4. The Balaban J connectivity index is 1.83. The van der Waals surface area contributed by atoms with Crippen molar-refractivity contribution in [2.75, 3.05) is 18.1 Å². The molecule has 3 rings (SSSR count). The van der Waals surface area contributed by atoms with Crippen molar-refractivity contribution in [3.8, 4) is 11.8 Å². The Hall–Kier alpha value is -3.60. The van der Waals surface area contributed by atoms with Crippen molar-refractivity contribution in [2.45, 2.75) is 24.7 Å². The van der Waals surface area contributed by atoms with Gasteiger partial charge in [-0.25, -0.2) is 4.39 Å². The minimum atomic E-state index is -5.00. The topological polar surface area (TPSA) is 88.6 Å². The van der Waals surface area contributed by atoms with Gasteiger partial charge < -0.3 is 14.4 Å². The molecule has 14 heteroatoms. The van der Waals surface area contributed by atoms with Crippen LogP contribution in [0.5, 0.6) is 5.75 Å². The number of halogens is 7. The molecule has 176 valence electrons. The molecule has 0 amide bonds. The Labute approximate surface area is 180 Å². The first-order chi connectivity index (χ1) is 15.3. The van der Waals surface area contributed by atoms with E-state index in [1.165, 1.54) is 6.07 Å². The molecule has 0 aliphatic carbocycles. The van der Waals surface area contributed by atoms with Gasteiger partial charge in [0.25, 0.3) is 5.69 Å². The van der Waals surface area contributed by atoms with Crippen molar-refractivity contribution < 1.29 is 45.1 Å². The van der Waals surface area contributed by atoms with Gasteiger partial charge in [0.1, 0.15) is 12.7 Å². The van der Waals surface area contributed by atoms with Crippen molar-refractivity contribution in [2.24, 2.45) is 0 Å². The summed E-state index contributed by atoms with van der Waals surface area (Å²) in [5.41, 5.74) is -3.23. The van der Waals surface area contributed by atoms with Crippen LogP contribution in [0, 0.1) is 27.3 Å². The summed E-state index contributed by atoms with van der Waals surface area (Å²) in [6, 6.07) is 5.83. The summed E-state index contributed by atoms with van der Waals surface area (Å²) < 4.78 is 104. The smallest absolute Gasteiger partial charge is 0.433 e. The molecule has 0 unspecified atom stereocenters. The Morgan fingerprint density at radius 2 is 1.88 bits per heavy atom. The average Bonchev–Trinajstić information content (AvgIpc) is 3.16. The molecule has 1 aliphatic rings. The van der Waals surface area contributed by atoms with E-state index in [4.69, 9.17) is 14.7 Å². The summed E-state index contributed by atoms with van der Waals surface area (Å²) >= 11 is 0. The Morgan fingerprint density at radius 1 is 1.18 bits per heavy atom. The molecule has 0 spiro atoms. The number of nitriles is 1. The highest BCUT2D eigenvalue weighted by Gasteiger charge is 2.51. The van der Waals surface area contributed by atoms with Gasteiger partial charge in [-0.05, 0) is 24.3 Å². The van der Waals surface area contributed by atoms with Crippen LogP contribution in [0.4, 0.5) is 42.1 Å². The quantitative estimate of drug-likeness (QED) is 0.348. The Morgan fingerprint density at radius 3 is 2.42 bits per heavy atom. The zero-order valence-corrected chi connectivity index (χ0v) is 16.2. The molecule has 33 heavy (non-hydrogen) atoms. The van der Waals surface area contributed by atoms with Gasteiger partial charge in [0.2, 0.25) is 6.23 Å². The molecule has 0 aromatic heterocycles. The number of rotatable bonds is 5. The third kappa shape index (κ3) is 5.25. The maximum atomic E-state index is 13.9. The maximum absolute atomic E-state index is 13.9. The van der Waals surface area contributed by atoms with Crippen LogP contribution < -0.4 is 9.64 Å². The molecule has 2 atom stereocenters. The van der Waals surface area contributed by atoms with Gasteiger partial charge in [0, 0.05) is 11.8 Å². The van der Waals surface area contributed by atoms with E-state index < -0.39 is 76.8 Å². The number of nitro groups is 1. The number of anilines is 1. The monoisotopic (exact) mass is 479 g/mol. The van der Waals surface area contributed by atoms with Gasteiger partial charge >= 0.3 is 12.4 Å². The van der Waals surface area contributed by atoms with Gasteiger partial charge in [-0.2, -0.15) is 31.6 Å². The molecule has 1 heterocycles. The number of hydrogen-bond donors (Lipinski definition) is 0.